The van der Waals surface area contributed by atoms with Gasteiger partial charge in [-0.15, -0.1) is 0 Å². The van der Waals surface area contributed by atoms with Crippen LogP contribution in [0.4, 0.5) is 10.5 Å². The fourth-order valence-electron chi connectivity index (χ4n) is 2.73. The number of piperidine rings is 1. The van der Waals surface area contributed by atoms with E-state index in [4.69, 9.17) is 5.11 Å². The maximum Gasteiger partial charge on any atom is 0.321 e. The highest BCUT2D eigenvalue weighted by atomic mass is 32.1. The summed E-state index contributed by atoms with van der Waals surface area (Å²) in [5, 5.41) is 16.3. The summed E-state index contributed by atoms with van der Waals surface area (Å²) >= 11 is 1.66. The molecule has 116 valence electrons. The van der Waals surface area contributed by atoms with E-state index < -0.39 is 0 Å². The van der Waals surface area contributed by atoms with Gasteiger partial charge in [0.25, 0.3) is 0 Å². The molecule has 3 rings (SSSR count). The summed E-state index contributed by atoms with van der Waals surface area (Å²) in [7, 11) is 0. The van der Waals surface area contributed by atoms with E-state index in [1.54, 1.807) is 11.3 Å². The number of anilines is 1. The van der Waals surface area contributed by atoms with Crippen molar-refractivity contribution in [2.24, 2.45) is 5.92 Å². The molecule has 1 aromatic carbocycles. The van der Waals surface area contributed by atoms with Crippen LogP contribution >= 0.6 is 11.3 Å². The summed E-state index contributed by atoms with van der Waals surface area (Å²) in [6, 6.07) is 9.93. The van der Waals surface area contributed by atoms with Crippen molar-refractivity contribution in [1.29, 1.82) is 0 Å². The van der Waals surface area contributed by atoms with Crippen molar-refractivity contribution in [3.8, 4) is 11.1 Å². The van der Waals surface area contributed by atoms with Gasteiger partial charge in [0, 0.05) is 25.4 Å². The molecule has 1 aliphatic heterocycles. The highest BCUT2D eigenvalue weighted by Crippen LogP contribution is 2.25. The number of likely N-dealkylation sites (tertiary alicyclic amines) is 1. The Labute approximate surface area is 134 Å². The van der Waals surface area contributed by atoms with E-state index >= 15 is 0 Å². The molecular weight excluding hydrogens is 296 g/mol. The molecule has 2 aromatic rings. The fourth-order valence-corrected chi connectivity index (χ4v) is 3.39. The van der Waals surface area contributed by atoms with Crippen LogP contribution in [0.1, 0.15) is 12.8 Å². The van der Waals surface area contributed by atoms with Gasteiger partial charge in [-0.2, -0.15) is 11.3 Å². The second-order valence-corrected chi connectivity index (χ2v) is 6.42. The second kappa shape index (κ2) is 6.94. The molecule has 1 aromatic heterocycles. The SMILES string of the molecule is O=C(Nc1cccc(-c2ccsc2)c1)N1CCC(CO)CC1. The third kappa shape index (κ3) is 3.48. The van der Waals surface area contributed by atoms with E-state index in [-0.39, 0.29) is 12.6 Å². The van der Waals surface area contributed by atoms with E-state index in [1.807, 2.05) is 34.5 Å². The summed E-state index contributed by atoms with van der Waals surface area (Å²) in [5.74, 6) is 0.339. The molecule has 1 aliphatic rings. The van der Waals surface area contributed by atoms with Gasteiger partial charge < -0.3 is 15.3 Å². The quantitative estimate of drug-likeness (QED) is 0.908. The lowest BCUT2D eigenvalue weighted by molar-refractivity contribution is 0.143. The number of nitrogens with one attached hydrogen (secondary N) is 1. The van der Waals surface area contributed by atoms with Crippen LogP contribution < -0.4 is 5.32 Å². The van der Waals surface area contributed by atoms with Crippen LogP contribution in [0.15, 0.2) is 41.1 Å². The van der Waals surface area contributed by atoms with Crippen LogP contribution in [0.2, 0.25) is 0 Å². The van der Waals surface area contributed by atoms with Gasteiger partial charge in [0.2, 0.25) is 0 Å². The number of aliphatic hydroxyl groups is 1. The number of aliphatic hydroxyl groups excluding tert-OH is 1. The largest absolute Gasteiger partial charge is 0.396 e. The van der Waals surface area contributed by atoms with Crippen molar-refractivity contribution in [3.05, 3.63) is 41.1 Å². The van der Waals surface area contributed by atoms with Crippen molar-refractivity contribution in [1.82, 2.24) is 4.90 Å². The minimum Gasteiger partial charge on any atom is -0.396 e. The summed E-state index contributed by atoms with van der Waals surface area (Å²) in [6.07, 6.45) is 1.75. The van der Waals surface area contributed by atoms with Crippen LogP contribution in [-0.2, 0) is 0 Å². The predicted octanol–water partition coefficient (Wildman–Crippen LogP) is 3.65. The standard InChI is InChI=1S/C17H20N2O2S/c20-11-13-4-7-19(8-5-13)17(21)18-16-3-1-2-14(10-16)15-6-9-22-12-15/h1-3,6,9-10,12-13,20H,4-5,7-8,11H2,(H,18,21). The summed E-state index contributed by atoms with van der Waals surface area (Å²) in [5.41, 5.74) is 3.10. The van der Waals surface area contributed by atoms with Gasteiger partial charge in [-0.3, -0.25) is 0 Å². The Morgan fingerprint density at radius 1 is 1.27 bits per heavy atom. The number of hydrogen-bond acceptors (Lipinski definition) is 3. The van der Waals surface area contributed by atoms with Gasteiger partial charge in [-0.25, -0.2) is 4.79 Å². The van der Waals surface area contributed by atoms with E-state index in [9.17, 15) is 4.79 Å². The third-order valence-electron chi connectivity index (χ3n) is 4.13. The Kier molecular flexibility index (Phi) is 4.75. The second-order valence-electron chi connectivity index (χ2n) is 5.64. The minimum absolute atomic E-state index is 0.0566. The van der Waals surface area contributed by atoms with Crippen LogP contribution in [0, 0.1) is 5.92 Å². The lowest BCUT2D eigenvalue weighted by atomic mass is 9.98. The zero-order valence-electron chi connectivity index (χ0n) is 12.4. The molecule has 0 bridgehead atoms. The molecule has 22 heavy (non-hydrogen) atoms. The number of thiophene rings is 1. The molecule has 2 heterocycles. The Balaban J connectivity index is 1.63. The van der Waals surface area contributed by atoms with Crippen LogP contribution in [0.5, 0.6) is 0 Å². The van der Waals surface area contributed by atoms with Crippen LogP contribution in [0.3, 0.4) is 0 Å². The van der Waals surface area contributed by atoms with Gasteiger partial charge in [0.15, 0.2) is 0 Å². The number of benzene rings is 1. The van der Waals surface area contributed by atoms with E-state index in [1.165, 1.54) is 5.56 Å². The highest BCUT2D eigenvalue weighted by Gasteiger charge is 2.22. The van der Waals surface area contributed by atoms with Gasteiger partial charge in [-0.1, -0.05) is 12.1 Å². The third-order valence-corrected chi connectivity index (χ3v) is 4.81. The number of carbonyl (C=O) groups is 1. The first-order chi connectivity index (χ1) is 10.8. The van der Waals surface area contributed by atoms with Gasteiger partial charge in [0.1, 0.15) is 0 Å². The summed E-state index contributed by atoms with van der Waals surface area (Å²) in [6.45, 7) is 1.64. The fraction of sp³-hybridized carbons (Fsp3) is 0.353. The topological polar surface area (TPSA) is 52.6 Å². The first-order valence-electron chi connectivity index (χ1n) is 7.55. The first kappa shape index (κ1) is 15.1. The van der Waals surface area contributed by atoms with E-state index in [2.05, 4.69) is 16.8 Å². The molecule has 1 saturated heterocycles. The Hall–Kier alpha value is -1.85. The molecule has 0 aliphatic carbocycles. The van der Waals surface area contributed by atoms with E-state index in [0.29, 0.717) is 19.0 Å². The molecule has 0 atom stereocenters. The maximum absolute atomic E-state index is 12.3. The lowest BCUT2D eigenvalue weighted by Gasteiger charge is -2.31. The maximum atomic E-state index is 12.3. The molecule has 0 spiro atoms. The minimum atomic E-state index is -0.0566. The Morgan fingerprint density at radius 2 is 2.09 bits per heavy atom. The van der Waals surface area contributed by atoms with Crippen molar-refractivity contribution >= 4 is 23.1 Å². The molecule has 0 saturated carbocycles. The molecule has 5 heteroatoms. The smallest absolute Gasteiger partial charge is 0.321 e. The number of rotatable bonds is 3. The zero-order chi connectivity index (χ0) is 15.4. The van der Waals surface area contributed by atoms with Crippen LogP contribution in [0.25, 0.3) is 11.1 Å². The number of urea groups is 1. The molecular formula is C17H20N2O2S. The summed E-state index contributed by atoms with van der Waals surface area (Å²) in [4.78, 5) is 14.1. The molecule has 0 unspecified atom stereocenters. The first-order valence-corrected chi connectivity index (χ1v) is 8.50. The summed E-state index contributed by atoms with van der Waals surface area (Å²) < 4.78 is 0. The normalized spacial score (nSPS) is 15.8. The number of hydrogen-bond donors (Lipinski definition) is 2. The average molecular weight is 316 g/mol. The molecule has 1 fully saturated rings. The highest BCUT2D eigenvalue weighted by molar-refractivity contribution is 7.08. The average Bonchev–Trinajstić information content (AvgIpc) is 3.10. The Morgan fingerprint density at radius 3 is 2.77 bits per heavy atom. The van der Waals surface area contributed by atoms with Gasteiger partial charge in [0.05, 0.1) is 0 Å². The Bertz CT molecular complexity index is 619. The van der Waals surface area contributed by atoms with Crippen molar-refractivity contribution in [2.75, 3.05) is 25.0 Å². The number of amides is 2. The number of carbonyl (C=O) groups excluding carboxylic acids is 1. The van der Waals surface area contributed by atoms with Crippen LogP contribution in [-0.4, -0.2) is 35.7 Å². The van der Waals surface area contributed by atoms with Crippen molar-refractivity contribution < 1.29 is 9.90 Å². The molecule has 2 amide bonds. The zero-order valence-corrected chi connectivity index (χ0v) is 13.2. The van der Waals surface area contributed by atoms with Crippen molar-refractivity contribution in [2.45, 2.75) is 12.8 Å². The molecule has 4 nitrogen and oxygen atoms in total. The predicted molar refractivity (Wildman–Crippen MR) is 90.2 cm³/mol. The lowest BCUT2D eigenvalue weighted by Crippen LogP contribution is -2.41. The van der Waals surface area contributed by atoms with Crippen molar-refractivity contribution in [3.63, 3.8) is 0 Å². The number of nitrogens with zero attached hydrogens (tertiary/aromatic N) is 1. The molecule has 0 radical (unpaired) electrons. The van der Waals surface area contributed by atoms with Gasteiger partial charge in [-0.05, 0) is 58.8 Å². The van der Waals surface area contributed by atoms with E-state index in [0.717, 1.165) is 24.1 Å². The van der Waals surface area contributed by atoms with Gasteiger partial charge >= 0.3 is 6.03 Å². The monoisotopic (exact) mass is 316 g/mol. The molecule has 2 N–H and O–H groups in total.